The number of aromatic nitrogens is 1. The number of thiazole rings is 1. The molecule has 3 nitrogen and oxygen atoms in total. The molecule has 2 heterocycles. The normalized spacial score (nSPS) is 12.4. The summed E-state index contributed by atoms with van der Waals surface area (Å²) in [5, 5.41) is 8.76. The van der Waals surface area contributed by atoms with Crippen LogP contribution in [0.4, 0.5) is 4.39 Å². The molecule has 0 fully saturated rings. The third kappa shape index (κ3) is 3.44. The molecule has 0 aliphatic heterocycles. The second kappa shape index (κ2) is 7.21. The van der Waals surface area contributed by atoms with Crippen LogP contribution >= 0.6 is 34.3 Å². The first-order valence-electron chi connectivity index (χ1n) is 6.94. The Balaban J connectivity index is 2.10. The summed E-state index contributed by atoms with van der Waals surface area (Å²) in [6.45, 7) is 2.62. The highest BCUT2D eigenvalue weighted by atomic mass is 35.5. The van der Waals surface area contributed by atoms with Crippen LogP contribution in [0, 0.1) is 5.82 Å². The van der Waals surface area contributed by atoms with Crippen LogP contribution in [0.25, 0.3) is 10.6 Å². The van der Waals surface area contributed by atoms with E-state index >= 15 is 0 Å². The highest BCUT2D eigenvalue weighted by Crippen LogP contribution is 2.25. The maximum atomic E-state index is 13.9. The fourth-order valence-electron chi connectivity index (χ4n) is 2.00. The van der Waals surface area contributed by atoms with Gasteiger partial charge in [0.1, 0.15) is 5.82 Å². The zero-order valence-electron chi connectivity index (χ0n) is 12.2. The Bertz CT molecular complexity index is 874. The van der Waals surface area contributed by atoms with Gasteiger partial charge in [-0.15, -0.1) is 22.7 Å². The summed E-state index contributed by atoms with van der Waals surface area (Å²) in [4.78, 5) is 6.28. The van der Waals surface area contributed by atoms with Gasteiger partial charge in [-0.1, -0.05) is 23.7 Å². The van der Waals surface area contributed by atoms with Crippen LogP contribution in [-0.2, 0) is 0 Å². The molecule has 0 atom stereocenters. The Kier molecular flexibility index (Phi) is 5.05. The van der Waals surface area contributed by atoms with E-state index in [-0.39, 0.29) is 5.56 Å². The summed E-state index contributed by atoms with van der Waals surface area (Å²) in [5.41, 5.74) is 1.20. The summed E-state index contributed by atoms with van der Waals surface area (Å²) in [6.07, 6.45) is 1.44. The molecule has 23 heavy (non-hydrogen) atoms. The summed E-state index contributed by atoms with van der Waals surface area (Å²) in [6, 6.07) is 8.58. The van der Waals surface area contributed by atoms with E-state index in [1.54, 1.807) is 28.1 Å². The lowest BCUT2D eigenvalue weighted by Gasteiger charge is -2.02. The number of benzene rings is 1. The topological polar surface area (TPSA) is 29.6 Å². The van der Waals surface area contributed by atoms with E-state index in [1.807, 2.05) is 29.8 Å². The van der Waals surface area contributed by atoms with Gasteiger partial charge >= 0.3 is 0 Å². The summed E-state index contributed by atoms with van der Waals surface area (Å²) in [5.74, 6) is -0.399. The predicted octanol–water partition coefficient (Wildman–Crippen LogP) is 4.87. The van der Waals surface area contributed by atoms with E-state index < -0.39 is 5.82 Å². The van der Waals surface area contributed by atoms with Crippen LogP contribution in [0.2, 0.25) is 5.02 Å². The van der Waals surface area contributed by atoms with Crippen molar-refractivity contribution in [1.82, 2.24) is 4.68 Å². The first kappa shape index (κ1) is 16.1. The molecule has 3 aromatic rings. The molecule has 0 N–H and O–H groups in total. The average molecular weight is 366 g/mol. The molecule has 2 aromatic heterocycles. The SMILES string of the molecule is CCN=c1scc(-c2cccs2)n1N=Cc1c(F)cccc1Cl. The van der Waals surface area contributed by atoms with E-state index in [0.29, 0.717) is 11.6 Å². The largest absolute Gasteiger partial charge is 0.258 e. The van der Waals surface area contributed by atoms with Gasteiger partial charge in [0.2, 0.25) is 4.80 Å². The molecule has 0 saturated heterocycles. The molecule has 3 rings (SSSR count). The monoisotopic (exact) mass is 365 g/mol. The molecule has 0 aliphatic carbocycles. The molecule has 0 amide bonds. The van der Waals surface area contributed by atoms with Crippen LogP contribution in [0.3, 0.4) is 0 Å². The number of rotatable bonds is 4. The Labute approximate surface area is 146 Å². The van der Waals surface area contributed by atoms with Gasteiger partial charge in [-0.25, -0.2) is 9.07 Å². The third-order valence-electron chi connectivity index (χ3n) is 3.05. The Hall–Kier alpha value is -1.76. The average Bonchev–Trinajstić information content (AvgIpc) is 3.17. The quantitative estimate of drug-likeness (QED) is 0.590. The lowest BCUT2D eigenvalue weighted by Crippen LogP contribution is -2.12. The van der Waals surface area contributed by atoms with E-state index in [1.165, 1.54) is 23.6 Å². The molecule has 0 radical (unpaired) electrons. The van der Waals surface area contributed by atoms with Gasteiger partial charge in [-0.3, -0.25) is 4.99 Å². The lowest BCUT2D eigenvalue weighted by molar-refractivity contribution is 0.625. The highest BCUT2D eigenvalue weighted by molar-refractivity contribution is 7.14. The van der Waals surface area contributed by atoms with Gasteiger partial charge in [0.15, 0.2) is 0 Å². The highest BCUT2D eigenvalue weighted by Gasteiger charge is 2.09. The molecule has 0 aliphatic rings. The first-order valence-corrected chi connectivity index (χ1v) is 9.07. The van der Waals surface area contributed by atoms with Crippen molar-refractivity contribution < 1.29 is 4.39 Å². The van der Waals surface area contributed by atoms with Crippen LogP contribution in [0.5, 0.6) is 0 Å². The van der Waals surface area contributed by atoms with Crippen molar-refractivity contribution in [3.8, 4) is 10.6 Å². The van der Waals surface area contributed by atoms with Gasteiger partial charge in [0, 0.05) is 17.5 Å². The van der Waals surface area contributed by atoms with Crippen molar-refractivity contribution in [1.29, 1.82) is 0 Å². The van der Waals surface area contributed by atoms with E-state index in [0.717, 1.165) is 15.4 Å². The van der Waals surface area contributed by atoms with Crippen LogP contribution in [0.1, 0.15) is 12.5 Å². The van der Waals surface area contributed by atoms with Crippen LogP contribution in [0.15, 0.2) is 51.2 Å². The molecular formula is C16H13ClFN3S2. The minimum Gasteiger partial charge on any atom is -0.258 e. The zero-order chi connectivity index (χ0) is 16.2. The summed E-state index contributed by atoms with van der Waals surface area (Å²) in [7, 11) is 0. The molecule has 0 saturated carbocycles. The molecule has 1 aromatic carbocycles. The fraction of sp³-hybridized carbons (Fsp3) is 0.125. The molecule has 0 unspecified atom stereocenters. The van der Waals surface area contributed by atoms with Crippen LogP contribution in [-0.4, -0.2) is 17.4 Å². The van der Waals surface area contributed by atoms with Crippen molar-refractivity contribution in [2.24, 2.45) is 10.1 Å². The fourth-order valence-corrected chi connectivity index (χ4v) is 3.91. The minimum atomic E-state index is -0.399. The second-order valence-electron chi connectivity index (χ2n) is 4.55. The number of thiophene rings is 1. The smallest absolute Gasteiger partial charge is 0.206 e. The summed E-state index contributed by atoms with van der Waals surface area (Å²) >= 11 is 9.18. The van der Waals surface area contributed by atoms with Gasteiger partial charge in [-0.05, 0) is 30.5 Å². The van der Waals surface area contributed by atoms with Crippen molar-refractivity contribution in [2.45, 2.75) is 6.92 Å². The third-order valence-corrected chi connectivity index (χ3v) is 5.13. The number of hydrogen-bond acceptors (Lipinski definition) is 4. The zero-order valence-corrected chi connectivity index (χ0v) is 14.6. The lowest BCUT2D eigenvalue weighted by atomic mass is 10.2. The minimum absolute atomic E-state index is 0.271. The van der Waals surface area contributed by atoms with Gasteiger partial charge < -0.3 is 0 Å². The van der Waals surface area contributed by atoms with Crippen molar-refractivity contribution >= 4 is 40.5 Å². The Morgan fingerprint density at radius 3 is 2.83 bits per heavy atom. The Morgan fingerprint density at radius 2 is 2.13 bits per heavy atom. The molecule has 0 spiro atoms. The standard InChI is InChI=1S/C16H13ClFN3S2/c1-2-19-16-21(14(10-23-16)15-7-4-8-22-15)20-9-11-12(17)5-3-6-13(11)18/h3-10H,2H2,1H3. The van der Waals surface area contributed by atoms with E-state index in [9.17, 15) is 4.39 Å². The number of hydrogen-bond donors (Lipinski definition) is 0. The number of nitrogens with zero attached hydrogens (tertiary/aromatic N) is 3. The first-order chi connectivity index (χ1) is 11.2. The van der Waals surface area contributed by atoms with Crippen LogP contribution < -0.4 is 4.80 Å². The van der Waals surface area contributed by atoms with Gasteiger partial charge in [0.25, 0.3) is 0 Å². The second-order valence-corrected chi connectivity index (χ2v) is 6.74. The number of halogens is 2. The maximum Gasteiger partial charge on any atom is 0.206 e. The van der Waals surface area contributed by atoms with Gasteiger partial charge in [-0.2, -0.15) is 5.10 Å². The molecular weight excluding hydrogens is 353 g/mol. The predicted molar refractivity (Wildman–Crippen MR) is 96.1 cm³/mol. The van der Waals surface area contributed by atoms with E-state index in [4.69, 9.17) is 11.6 Å². The summed E-state index contributed by atoms with van der Waals surface area (Å²) < 4.78 is 15.6. The van der Waals surface area contributed by atoms with E-state index in [2.05, 4.69) is 10.1 Å². The van der Waals surface area contributed by atoms with Gasteiger partial charge in [0.05, 0.1) is 21.8 Å². The molecule has 0 bridgehead atoms. The van der Waals surface area contributed by atoms with Crippen molar-refractivity contribution in [2.75, 3.05) is 6.54 Å². The maximum absolute atomic E-state index is 13.9. The van der Waals surface area contributed by atoms with Crippen molar-refractivity contribution in [3.63, 3.8) is 0 Å². The van der Waals surface area contributed by atoms with Crippen molar-refractivity contribution in [3.05, 3.63) is 62.3 Å². The Morgan fingerprint density at radius 1 is 1.26 bits per heavy atom. The molecule has 7 heteroatoms. The molecule has 118 valence electrons.